The summed E-state index contributed by atoms with van der Waals surface area (Å²) < 4.78 is 27.6. The molecule has 0 fully saturated rings. The van der Waals surface area contributed by atoms with Crippen LogP contribution >= 0.6 is 0 Å². The van der Waals surface area contributed by atoms with Gasteiger partial charge in [-0.05, 0) is 18.2 Å². The molecule has 8 heteroatoms. The molecule has 0 aliphatic heterocycles. The minimum Gasteiger partial charge on any atom is -0.398 e. The molecule has 7 nitrogen and oxygen atoms in total. The van der Waals surface area contributed by atoms with Crippen LogP contribution in [-0.4, -0.2) is 35.2 Å². The number of benzene rings is 1. The number of primary sulfonamides is 1. The van der Waals surface area contributed by atoms with Crippen molar-refractivity contribution in [2.45, 2.75) is 11.3 Å². The number of hydrogen-bond acceptors (Lipinski definition) is 6. The van der Waals surface area contributed by atoms with Crippen molar-refractivity contribution in [2.24, 2.45) is 5.14 Å². The van der Waals surface area contributed by atoms with E-state index >= 15 is 0 Å². The first kappa shape index (κ1) is 16.2. The molecule has 1 rings (SSSR count). The number of hydrogen-bond donors (Lipinski definition) is 2. The fourth-order valence-corrected chi connectivity index (χ4v) is 2.39. The molecule has 0 atom stereocenters. The molecule has 0 unspecified atom stereocenters. The number of ether oxygens (including phenoxy) is 1. The Labute approximate surface area is 118 Å². The summed E-state index contributed by atoms with van der Waals surface area (Å²) in [5.41, 5.74) is 6.53. The lowest BCUT2D eigenvalue weighted by Gasteiger charge is -2.24. The zero-order chi connectivity index (χ0) is 15.2. The van der Waals surface area contributed by atoms with Crippen molar-refractivity contribution in [1.82, 2.24) is 0 Å². The van der Waals surface area contributed by atoms with E-state index in [0.717, 1.165) is 5.69 Å². The van der Waals surface area contributed by atoms with Crippen LogP contribution in [0, 0.1) is 11.3 Å². The third kappa shape index (κ3) is 4.38. The van der Waals surface area contributed by atoms with E-state index in [1.165, 1.54) is 12.1 Å². The van der Waals surface area contributed by atoms with Gasteiger partial charge in [-0.15, -0.1) is 0 Å². The molecule has 0 saturated carbocycles. The van der Waals surface area contributed by atoms with Crippen LogP contribution in [0.4, 0.5) is 11.4 Å². The van der Waals surface area contributed by atoms with E-state index in [4.69, 9.17) is 20.9 Å². The second-order valence-corrected chi connectivity index (χ2v) is 5.68. The first-order valence-electron chi connectivity index (χ1n) is 5.93. The lowest BCUT2D eigenvalue weighted by Crippen LogP contribution is -2.28. The van der Waals surface area contributed by atoms with Gasteiger partial charge in [-0.2, -0.15) is 5.26 Å². The lowest BCUT2D eigenvalue weighted by molar-refractivity contribution is 0.205. The number of nitrogens with zero attached hydrogens (tertiary/aromatic N) is 2. The maximum Gasteiger partial charge on any atom is 0.240 e. The molecule has 0 bridgehead atoms. The van der Waals surface area contributed by atoms with Crippen LogP contribution < -0.4 is 15.8 Å². The summed E-state index contributed by atoms with van der Waals surface area (Å²) in [5.74, 6) is 0. The molecule has 20 heavy (non-hydrogen) atoms. The van der Waals surface area contributed by atoms with Gasteiger partial charge in [-0.1, -0.05) is 0 Å². The Kier molecular flexibility index (Phi) is 5.76. The van der Waals surface area contributed by atoms with E-state index in [0.29, 0.717) is 26.1 Å². The van der Waals surface area contributed by atoms with Crippen LogP contribution in [-0.2, 0) is 14.8 Å². The van der Waals surface area contributed by atoms with Gasteiger partial charge in [0.2, 0.25) is 10.0 Å². The molecule has 0 saturated heterocycles. The van der Waals surface area contributed by atoms with Gasteiger partial charge in [0.25, 0.3) is 0 Å². The second-order valence-electron chi connectivity index (χ2n) is 4.16. The second kappa shape index (κ2) is 7.09. The summed E-state index contributed by atoms with van der Waals surface area (Å²) in [5, 5.41) is 13.7. The maximum atomic E-state index is 11.3. The van der Waals surface area contributed by atoms with Gasteiger partial charge in [0.15, 0.2) is 0 Å². The van der Waals surface area contributed by atoms with Crippen molar-refractivity contribution in [3.63, 3.8) is 0 Å². The van der Waals surface area contributed by atoms with Crippen molar-refractivity contribution in [3.8, 4) is 6.07 Å². The maximum absolute atomic E-state index is 11.3. The monoisotopic (exact) mass is 298 g/mol. The highest BCUT2D eigenvalue weighted by atomic mass is 32.2. The molecule has 0 amide bonds. The van der Waals surface area contributed by atoms with Gasteiger partial charge in [-0.25, -0.2) is 13.6 Å². The largest absolute Gasteiger partial charge is 0.398 e. The predicted octanol–water partition coefficient (Wildman–Crippen LogP) is 0.283. The molecular weight excluding hydrogens is 280 g/mol. The average Bonchev–Trinajstić information content (AvgIpc) is 2.37. The van der Waals surface area contributed by atoms with Crippen molar-refractivity contribution in [3.05, 3.63) is 18.2 Å². The molecule has 110 valence electrons. The highest BCUT2D eigenvalue weighted by Crippen LogP contribution is 2.24. The lowest BCUT2D eigenvalue weighted by atomic mass is 10.2. The smallest absolute Gasteiger partial charge is 0.240 e. The van der Waals surface area contributed by atoms with E-state index in [1.807, 2.05) is 4.90 Å². The summed E-state index contributed by atoms with van der Waals surface area (Å²) >= 11 is 0. The zero-order valence-electron chi connectivity index (χ0n) is 11.2. The highest BCUT2D eigenvalue weighted by molar-refractivity contribution is 7.89. The van der Waals surface area contributed by atoms with Crippen molar-refractivity contribution < 1.29 is 13.2 Å². The fraction of sp³-hybridized carbons (Fsp3) is 0.417. The molecule has 4 N–H and O–H groups in total. The van der Waals surface area contributed by atoms with Crippen LogP contribution in [0.25, 0.3) is 0 Å². The van der Waals surface area contributed by atoms with Crippen LogP contribution in [0.2, 0.25) is 0 Å². The first-order valence-corrected chi connectivity index (χ1v) is 7.48. The van der Waals surface area contributed by atoms with Crippen LogP contribution in [0.3, 0.4) is 0 Å². The standard InChI is InChI=1S/C12H18N4O3S/c1-19-8-7-16(6-2-5-13)10-3-4-12(11(14)9-10)20(15,17)18/h3-4,9H,2,6-8,14H2,1H3,(H2,15,17,18). The Morgan fingerprint density at radius 3 is 2.60 bits per heavy atom. The summed E-state index contributed by atoms with van der Waals surface area (Å²) in [6.07, 6.45) is 0.348. The number of methoxy groups -OCH3 is 1. The summed E-state index contributed by atoms with van der Waals surface area (Å²) in [6.45, 7) is 1.57. The molecule has 1 aromatic rings. The molecule has 0 aromatic heterocycles. The number of nitrogens with two attached hydrogens (primary N) is 2. The van der Waals surface area contributed by atoms with Crippen molar-refractivity contribution in [2.75, 3.05) is 37.4 Å². The normalized spacial score (nSPS) is 11.1. The van der Waals surface area contributed by atoms with Gasteiger partial charge in [0.05, 0.1) is 24.8 Å². The van der Waals surface area contributed by atoms with Crippen LogP contribution in [0.5, 0.6) is 0 Å². The molecular formula is C12H18N4O3S. The summed E-state index contributed by atoms with van der Waals surface area (Å²) in [6, 6.07) is 6.58. The van der Waals surface area contributed by atoms with Gasteiger partial charge >= 0.3 is 0 Å². The van der Waals surface area contributed by atoms with Gasteiger partial charge in [0, 0.05) is 25.9 Å². The fourth-order valence-electron chi connectivity index (χ4n) is 1.75. The van der Waals surface area contributed by atoms with E-state index in [-0.39, 0.29) is 10.6 Å². The molecule has 0 radical (unpaired) electrons. The third-order valence-electron chi connectivity index (χ3n) is 2.72. The van der Waals surface area contributed by atoms with Gasteiger partial charge in [0.1, 0.15) is 4.90 Å². The minimum absolute atomic E-state index is 0.0874. The van der Waals surface area contributed by atoms with Gasteiger partial charge in [-0.3, -0.25) is 0 Å². The molecule has 0 aliphatic carbocycles. The molecule has 0 heterocycles. The van der Waals surface area contributed by atoms with E-state index in [9.17, 15) is 8.42 Å². The number of sulfonamides is 1. The minimum atomic E-state index is -3.83. The Balaban J connectivity index is 3.03. The molecule has 1 aromatic carbocycles. The quantitative estimate of drug-likeness (QED) is 0.697. The number of nitriles is 1. The SMILES string of the molecule is COCCN(CCC#N)c1ccc(S(N)(=O)=O)c(N)c1. The average molecular weight is 298 g/mol. The van der Waals surface area contributed by atoms with Gasteiger partial charge < -0.3 is 15.4 Å². The predicted molar refractivity (Wildman–Crippen MR) is 76.5 cm³/mol. The van der Waals surface area contributed by atoms with E-state index in [2.05, 4.69) is 6.07 Å². The molecule has 0 spiro atoms. The van der Waals surface area contributed by atoms with E-state index < -0.39 is 10.0 Å². The van der Waals surface area contributed by atoms with Crippen molar-refractivity contribution >= 4 is 21.4 Å². The number of nitrogen functional groups attached to an aromatic ring is 1. The number of rotatable bonds is 7. The number of anilines is 2. The Bertz CT molecular complexity index is 595. The highest BCUT2D eigenvalue weighted by Gasteiger charge is 2.14. The Hall–Kier alpha value is -1.82. The third-order valence-corrected chi connectivity index (χ3v) is 3.71. The van der Waals surface area contributed by atoms with E-state index in [1.54, 1.807) is 13.2 Å². The first-order chi connectivity index (χ1) is 9.40. The van der Waals surface area contributed by atoms with Crippen LogP contribution in [0.1, 0.15) is 6.42 Å². The topological polar surface area (TPSA) is 122 Å². The van der Waals surface area contributed by atoms with Crippen LogP contribution in [0.15, 0.2) is 23.1 Å². The summed E-state index contributed by atoms with van der Waals surface area (Å²) in [7, 11) is -2.25. The Morgan fingerprint density at radius 2 is 2.10 bits per heavy atom. The zero-order valence-corrected chi connectivity index (χ0v) is 12.1. The van der Waals surface area contributed by atoms with Crippen molar-refractivity contribution in [1.29, 1.82) is 5.26 Å². The Morgan fingerprint density at radius 1 is 1.40 bits per heavy atom. The molecule has 0 aliphatic rings. The summed E-state index contributed by atoms with van der Waals surface area (Å²) in [4.78, 5) is 1.80.